The Kier molecular flexibility index (Phi) is 4.71. The number of carbonyl (C=O) groups is 1. The summed E-state index contributed by atoms with van der Waals surface area (Å²) in [5.74, 6) is 0.449. The summed E-state index contributed by atoms with van der Waals surface area (Å²) in [5.41, 5.74) is 8.91. The van der Waals surface area contributed by atoms with Crippen LogP contribution in [-0.4, -0.2) is 53.4 Å². The average Bonchev–Trinajstić information content (AvgIpc) is 3.40. The van der Waals surface area contributed by atoms with E-state index >= 15 is 0 Å². The van der Waals surface area contributed by atoms with Crippen LogP contribution in [0.25, 0.3) is 11.0 Å². The maximum atomic E-state index is 13.3. The highest BCUT2D eigenvalue weighted by Crippen LogP contribution is 2.34. The predicted octanol–water partition coefficient (Wildman–Crippen LogP) is 2.02. The van der Waals surface area contributed by atoms with E-state index in [1.54, 1.807) is 23.1 Å². The molecule has 1 atom stereocenters. The van der Waals surface area contributed by atoms with E-state index in [0.717, 1.165) is 35.2 Å². The van der Waals surface area contributed by atoms with E-state index in [2.05, 4.69) is 15.2 Å². The van der Waals surface area contributed by atoms with Gasteiger partial charge in [0.15, 0.2) is 5.65 Å². The van der Waals surface area contributed by atoms with Gasteiger partial charge in [0.05, 0.1) is 10.3 Å². The van der Waals surface area contributed by atoms with Crippen LogP contribution in [0.1, 0.15) is 36.9 Å². The minimum absolute atomic E-state index is 0.00271. The summed E-state index contributed by atoms with van der Waals surface area (Å²) in [5, 5.41) is 7.59. The minimum atomic E-state index is -3.63. The zero-order valence-corrected chi connectivity index (χ0v) is 18.0. The second kappa shape index (κ2) is 7.31. The molecule has 2 aliphatic rings. The van der Waals surface area contributed by atoms with Gasteiger partial charge in [-0.15, -0.1) is 0 Å². The standard InChI is InChI=1S/C21H24N6O3S/c1-13(28)27-9-2-3-14-11-16(4-7-19(14)27)31(29,30)26-10-8-15(12-26)18-6-5-17-20(22)24-25-21(17)23-18/h4-7,11,15H,2-3,8-10,12H2,1H3,(H3,22,23,24,25)/t15-/m1/s1. The number of H-pyrrole nitrogens is 1. The predicted molar refractivity (Wildman–Crippen MR) is 117 cm³/mol. The Hall–Kier alpha value is -2.98. The summed E-state index contributed by atoms with van der Waals surface area (Å²) in [7, 11) is -3.63. The molecule has 4 heterocycles. The lowest BCUT2D eigenvalue weighted by molar-refractivity contribution is -0.116. The first-order chi connectivity index (χ1) is 14.8. The molecule has 0 aliphatic carbocycles. The van der Waals surface area contributed by atoms with Gasteiger partial charge < -0.3 is 10.6 Å². The molecule has 5 rings (SSSR count). The van der Waals surface area contributed by atoms with Gasteiger partial charge in [0.25, 0.3) is 0 Å². The molecule has 0 bridgehead atoms. The Balaban J connectivity index is 1.39. The number of amides is 1. The fraction of sp³-hybridized carbons (Fsp3) is 0.381. The number of fused-ring (bicyclic) bond motifs is 2. The number of nitrogens with zero attached hydrogens (tertiary/aromatic N) is 4. The number of rotatable bonds is 3. The van der Waals surface area contributed by atoms with Crippen LogP contribution in [0.3, 0.4) is 0 Å². The fourth-order valence-corrected chi connectivity index (χ4v) is 6.11. The molecule has 2 aromatic heterocycles. The molecule has 162 valence electrons. The molecule has 3 N–H and O–H groups in total. The molecular weight excluding hydrogens is 416 g/mol. The highest BCUT2D eigenvalue weighted by Gasteiger charge is 2.35. The molecule has 0 radical (unpaired) electrons. The van der Waals surface area contributed by atoms with Gasteiger partial charge in [-0.2, -0.15) is 9.40 Å². The summed E-state index contributed by atoms with van der Waals surface area (Å²) in [6, 6.07) is 8.86. The van der Waals surface area contributed by atoms with Gasteiger partial charge in [0, 0.05) is 43.9 Å². The first-order valence-electron chi connectivity index (χ1n) is 10.4. The van der Waals surface area contributed by atoms with E-state index in [0.29, 0.717) is 37.5 Å². The molecule has 0 saturated carbocycles. The number of nitrogens with one attached hydrogen (secondary N) is 1. The van der Waals surface area contributed by atoms with Gasteiger partial charge >= 0.3 is 0 Å². The maximum absolute atomic E-state index is 13.3. The summed E-state index contributed by atoms with van der Waals surface area (Å²) < 4.78 is 28.2. The van der Waals surface area contributed by atoms with E-state index in [-0.39, 0.29) is 16.7 Å². The maximum Gasteiger partial charge on any atom is 0.243 e. The third-order valence-corrected chi connectivity index (χ3v) is 8.09. The Morgan fingerprint density at radius 3 is 2.87 bits per heavy atom. The quantitative estimate of drug-likeness (QED) is 0.642. The molecule has 1 saturated heterocycles. The van der Waals surface area contributed by atoms with Gasteiger partial charge in [0.2, 0.25) is 15.9 Å². The van der Waals surface area contributed by atoms with Crippen molar-refractivity contribution in [1.82, 2.24) is 19.5 Å². The van der Waals surface area contributed by atoms with Crippen LogP contribution in [0.15, 0.2) is 35.2 Å². The van der Waals surface area contributed by atoms with Gasteiger partial charge in [-0.3, -0.25) is 9.89 Å². The zero-order valence-electron chi connectivity index (χ0n) is 17.2. The molecule has 10 heteroatoms. The third kappa shape index (κ3) is 3.35. The number of aromatic nitrogens is 3. The van der Waals surface area contributed by atoms with Gasteiger partial charge in [0.1, 0.15) is 5.82 Å². The van der Waals surface area contributed by atoms with Crippen LogP contribution < -0.4 is 10.6 Å². The highest BCUT2D eigenvalue weighted by atomic mass is 32.2. The number of anilines is 2. The van der Waals surface area contributed by atoms with Crippen LogP contribution in [-0.2, 0) is 21.2 Å². The second-order valence-corrected chi connectivity index (χ2v) is 10.1. The van der Waals surface area contributed by atoms with E-state index in [9.17, 15) is 13.2 Å². The van der Waals surface area contributed by atoms with E-state index in [1.165, 1.54) is 11.2 Å². The van der Waals surface area contributed by atoms with Gasteiger partial charge in [-0.1, -0.05) is 0 Å². The zero-order chi connectivity index (χ0) is 21.8. The number of benzene rings is 1. The number of nitrogens with two attached hydrogens (primary N) is 1. The molecule has 1 amide bonds. The van der Waals surface area contributed by atoms with Crippen molar-refractivity contribution in [1.29, 1.82) is 0 Å². The number of carbonyl (C=O) groups excluding carboxylic acids is 1. The van der Waals surface area contributed by atoms with Gasteiger partial charge in [-0.05, 0) is 55.2 Å². The van der Waals surface area contributed by atoms with Crippen molar-refractivity contribution in [3.05, 3.63) is 41.6 Å². The molecule has 1 fully saturated rings. The first-order valence-corrected chi connectivity index (χ1v) is 11.8. The van der Waals surface area contributed by atoms with Crippen molar-refractivity contribution in [3.63, 3.8) is 0 Å². The Labute approximate surface area is 180 Å². The molecule has 0 spiro atoms. The summed E-state index contributed by atoms with van der Waals surface area (Å²) in [6.07, 6.45) is 2.29. The second-order valence-electron chi connectivity index (χ2n) is 8.16. The topological polar surface area (TPSA) is 125 Å². The number of hydrogen-bond donors (Lipinski definition) is 2. The normalized spacial score (nSPS) is 19.6. The average molecular weight is 441 g/mol. The van der Waals surface area contributed by atoms with E-state index in [4.69, 9.17) is 5.73 Å². The molecule has 31 heavy (non-hydrogen) atoms. The lowest BCUT2D eigenvalue weighted by Crippen LogP contribution is -2.34. The lowest BCUT2D eigenvalue weighted by atomic mass is 10.0. The van der Waals surface area contributed by atoms with Crippen molar-refractivity contribution in [2.24, 2.45) is 0 Å². The van der Waals surface area contributed by atoms with Gasteiger partial charge in [-0.25, -0.2) is 13.4 Å². The first kappa shape index (κ1) is 20.0. The van der Waals surface area contributed by atoms with Crippen LogP contribution >= 0.6 is 0 Å². The van der Waals surface area contributed by atoms with Crippen LogP contribution in [0, 0.1) is 0 Å². The number of aryl methyl sites for hydroxylation is 1. The number of nitrogen functional groups attached to an aromatic ring is 1. The minimum Gasteiger partial charge on any atom is -0.384 e. The number of aromatic amines is 1. The van der Waals surface area contributed by atoms with Crippen molar-refractivity contribution in [2.75, 3.05) is 30.3 Å². The van der Waals surface area contributed by atoms with Crippen LogP contribution in [0.5, 0.6) is 0 Å². The Morgan fingerprint density at radius 2 is 2.06 bits per heavy atom. The molecular formula is C21H24N6O3S. The highest BCUT2D eigenvalue weighted by molar-refractivity contribution is 7.89. The SMILES string of the molecule is CC(=O)N1CCCc2cc(S(=O)(=O)N3CC[C@@H](c4ccc5c(N)[nH]nc5n4)C3)ccc21. The third-order valence-electron chi connectivity index (χ3n) is 6.23. The number of hydrogen-bond acceptors (Lipinski definition) is 6. The number of pyridine rings is 1. The Morgan fingerprint density at radius 1 is 1.23 bits per heavy atom. The molecule has 0 unspecified atom stereocenters. The smallest absolute Gasteiger partial charge is 0.243 e. The van der Waals surface area contributed by atoms with E-state index < -0.39 is 10.0 Å². The molecule has 3 aromatic rings. The summed E-state index contributed by atoms with van der Waals surface area (Å²) in [6.45, 7) is 3.01. The molecule has 2 aliphatic heterocycles. The fourth-order valence-electron chi connectivity index (χ4n) is 4.56. The van der Waals surface area contributed by atoms with Crippen molar-refractivity contribution >= 4 is 38.5 Å². The molecule has 9 nitrogen and oxygen atoms in total. The summed E-state index contributed by atoms with van der Waals surface area (Å²) >= 11 is 0. The Bertz CT molecular complexity index is 1290. The van der Waals surface area contributed by atoms with E-state index in [1.807, 2.05) is 12.1 Å². The van der Waals surface area contributed by atoms with Crippen LogP contribution in [0.4, 0.5) is 11.5 Å². The number of sulfonamides is 1. The summed E-state index contributed by atoms with van der Waals surface area (Å²) in [4.78, 5) is 18.4. The molecule has 1 aromatic carbocycles. The van der Waals surface area contributed by atoms with Crippen LogP contribution in [0.2, 0.25) is 0 Å². The lowest BCUT2D eigenvalue weighted by Gasteiger charge is -2.29. The largest absolute Gasteiger partial charge is 0.384 e. The van der Waals surface area contributed by atoms with Crippen molar-refractivity contribution in [2.45, 2.75) is 37.0 Å². The van der Waals surface area contributed by atoms with Crippen molar-refractivity contribution in [3.8, 4) is 0 Å². The van der Waals surface area contributed by atoms with Crippen molar-refractivity contribution < 1.29 is 13.2 Å². The monoisotopic (exact) mass is 440 g/mol.